The van der Waals surface area contributed by atoms with Gasteiger partial charge in [-0.1, -0.05) is 0 Å². The van der Waals surface area contributed by atoms with Crippen molar-refractivity contribution in [1.29, 1.82) is 0 Å². The molecule has 0 aromatic carbocycles. The van der Waals surface area contributed by atoms with Gasteiger partial charge in [-0.2, -0.15) is 11.3 Å². The molecule has 2 nitrogen and oxygen atoms in total. The zero-order valence-electron chi connectivity index (χ0n) is 12.4. The maximum absolute atomic E-state index is 14.5. The van der Waals surface area contributed by atoms with Crippen LogP contribution in [-0.4, -0.2) is 18.3 Å². The Hall–Kier alpha value is -0.645. The van der Waals surface area contributed by atoms with Gasteiger partial charge in [-0.3, -0.25) is 0 Å². The third-order valence-corrected chi connectivity index (χ3v) is 5.50. The van der Waals surface area contributed by atoms with Crippen LogP contribution in [0.25, 0.3) is 0 Å². The van der Waals surface area contributed by atoms with Gasteiger partial charge >= 0.3 is 7.12 Å². The predicted octanol–water partition coefficient (Wildman–Crippen LogP) is 4.48. The van der Waals surface area contributed by atoms with Crippen molar-refractivity contribution < 1.29 is 13.7 Å². The summed E-state index contributed by atoms with van der Waals surface area (Å²) in [5, 5.41) is 4.22. The lowest BCUT2D eigenvalue weighted by Gasteiger charge is -2.32. The third-order valence-electron chi connectivity index (χ3n) is 4.80. The van der Waals surface area contributed by atoms with Crippen molar-refractivity contribution in [3.05, 3.63) is 33.7 Å². The van der Waals surface area contributed by atoms with Crippen molar-refractivity contribution in [2.45, 2.75) is 57.7 Å². The molecule has 1 aliphatic carbocycles. The summed E-state index contributed by atoms with van der Waals surface area (Å²) < 4.78 is 26.0. The minimum absolute atomic E-state index is 0.213. The molecule has 0 amide bonds. The van der Waals surface area contributed by atoms with Gasteiger partial charge in [0.05, 0.1) is 11.2 Å². The van der Waals surface area contributed by atoms with Gasteiger partial charge in [0.1, 0.15) is 5.73 Å². The Bertz CT molecular complexity index is 512. The smallest absolute Gasteiger partial charge is 0.398 e. The molecule has 1 saturated heterocycles. The number of allylic oxidation sites excluding steroid dienone is 1. The fourth-order valence-corrected chi connectivity index (χ4v) is 3.33. The molecule has 108 valence electrons. The van der Waals surface area contributed by atoms with Gasteiger partial charge in [0.25, 0.3) is 0 Å². The molecule has 1 aromatic heterocycles. The van der Waals surface area contributed by atoms with Crippen LogP contribution >= 0.6 is 11.3 Å². The second-order valence-corrected chi connectivity index (χ2v) is 7.48. The minimum atomic E-state index is -0.835. The Balaban J connectivity index is 1.69. The van der Waals surface area contributed by atoms with Crippen LogP contribution in [0.15, 0.2) is 28.1 Å². The summed E-state index contributed by atoms with van der Waals surface area (Å²) in [4.78, 5) is 0. The fraction of sp³-hybridized carbons (Fsp3) is 0.600. The zero-order chi connectivity index (χ0) is 14.5. The summed E-state index contributed by atoms with van der Waals surface area (Å²) in [5.41, 5.74) is 0.994. The first-order chi connectivity index (χ1) is 9.30. The Labute approximate surface area is 124 Å². The average molecular weight is 294 g/mol. The normalized spacial score (nSPS) is 27.6. The van der Waals surface area contributed by atoms with E-state index >= 15 is 0 Å². The lowest BCUT2D eigenvalue weighted by atomic mass is 9.70. The molecule has 5 heteroatoms. The molecule has 1 aliphatic heterocycles. The van der Waals surface area contributed by atoms with Crippen molar-refractivity contribution in [2.75, 3.05) is 0 Å². The molecule has 2 aliphatic rings. The molecule has 0 bridgehead atoms. The molecule has 0 atom stereocenters. The van der Waals surface area contributed by atoms with E-state index in [1.54, 1.807) is 11.3 Å². The highest BCUT2D eigenvalue weighted by Gasteiger charge is 2.54. The second-order valence-electron chi connectivity index (χ2n) is 6.70. The number of hydrogen-bond donors (Lipinski definition) is 0. The summed E-state index contributed by atoms with van der Waals surface area (Å²) in [6, 6.07) is 2.12. The van der Waals surface area contributed by atoms with Crippen LogP contribution in [0.3, 0.4) is 0 Å². The molecule has 0 radical (unpaired) electrons. The molecule has 0 N–H and O–H groups in total. The summed E-state index contributed by atoms with van der Waals surface area (Å²) >= 11 is 1.69. The SMILES string of the molecule is CC1(C)OB(C(F)=C2CC(c3ccsc3)C2)OC1(C)C. The van der Waals surface area contributed by atoms with Gasteiger partial charge in [-0.25, -0.2) is 4.39 Å². The molecule has 1 aromatic rings. The Morgan fingerprint density at radius 2 is 1.85 bits per heavy atom. The molecule has 3 rings (SSSR count). The summed E-state index contributed by atoms with van der Waals surface area (Å²) in [6.45, 7) is 7.78. The first-order valence-electron chi connectivity index (χ1n) is 7.05. The quantitative estimate of drug-likeness (QED) is 0.749. The topological polar surface area (TPSA) is 18.5 Å². The average Bonchev–Trinajstić information content (AvgIpc) is 2.84. The lowest BCUT2D eigenvalue weighted by molar-refractivity contribution is 0.00578. The highest BCUT2D eigenvalue weighted by Crippen LogP contribution is 2.46. The third kappa shape index (κ3) is 2.26. The van der Waals surface area contributed by atoms with E-state index in [9.17, 15) is 4.39 Å². The molecule has 2 fully saturated rings. The first kappa shape index (κ1) is 14.3. The molecule has 0 unspecified atom stereocenters. The maximum atomic E-state index is 14.5. The van der Waals surface area contributed by atoms with Crippen LogP contribution < -0.4 is 0 Å². The first-order valence-corrected chi connectivity index (χ1v) is 7.99. The summed E-state index contributed by atoms with van der Waals surface area (Å²) in [5.74, 6) is 0.462. The van der Waals surface area contributed by atoms with E-state index in [-0.39, 0.29) is 5.73 Å². The number of thiophene rings is 1. The van der Waals surface area contributed by atoms with E-state index in [1.165, 1.54) is 5.56 Å². The van der Waals surface area contributed by atoms with E-state index in [4.69, 9.17) is 9.31 Å². The monoisotopic (exact) mass is 294 g/mol. The van der Waals surface area contributed by atoms with Crippen LogP contribution in [0.5, 0.6) is 0 Å². The fourth-order valence-electron chi connectivity index (χ4n) is 2.59. The number of halogens is 1. The van der Waals surface area contributed by atoms with E-state index in [2.05, 4.69) is 16.8 Å². The predicted molar refractivity (Wildman–Crippen MR) is 80.5 cm³/mol. The van der Waals surface area contributed by atoms with E-state index in [0.717, 1.165) is 18.4 Å². The van der Waals surface area contributed by atoms with Gasteiger partial charge in [-0.05, 0) is 74.4 Å². The van der Waals surface area contributed by atoms with E-state index < -0.39 is 18.3 Å². The summed E-state index contributed by atoms with van der Waals surface area (Å²) in [6.07, 6.45) is 1.57. The van der Waals surface area contributed by atoms with Gasteiger partial charge in [-0.15, -0.1) is 0 Å². The Morgan fingerprint density at radius 3 is 2.35 bits per heavy atom. The lowest BCUT2D eigenvalue weighted by Crippen LogP contribution is -2.41. The largest absolute Gasteiger partial charge is 0.525 e. The summed E-state index contributed by atoms with van der Waals surface area (Å²) in [7, 11) is -0.835. The van der Waals surface area contributed by atoms with E-state index in [0.29, 0.717) is 5.92 Å². The highest BCUT2D eigenvalue weighted by atomic mass is 32.1. The van der Waals surface area contributed by atoms with Crippen LogP contribution in [-0.2, 0) is 9.31 Å². The van der Waals surface area contributed by atoms with Gasteiger partial charge < -0.3 is 9.31 Å². The van der Waals surface area contributed by atoms with Gasteiger partial charge in [0.15, 0.2) is 0 Å². The molecular weight excluding hydrogens is 274 g/mol. The Morgan fingerprint density at radius 1 is 1.25 bits per heavy atom. The molecule has 0 spiro atoms. The molecule has 2 heterocycles. The van der Waals surface area contributed by atoms with Crippen molar-refractivity contribution in [3.8, 4) is 0 Å². The van der Waals surface area contributed by atoms with Crippen LogP contribution in [0.4, 0.5) is 4.39 Å². The van der Waals surface area contributed by atoms with Crippen molar-refractivity contribution in [1.82, 2.24) is 0 Å². The standard InChI is InChI=1S/C15H20BFO2S/c1-14(2)15(3,4)19-16(18-14)13(17)12-7-11(8-12)10-5-6-20-9-10/h5-6,9,11H,7-8H2,1-4H3. The molecular formula is C15H20BFO2S. The van der Waals surface area contributed by atoms with Crippen molar-refractivity contribution in [3.63, 3.8) is 0 Å². The van der Waals surface area contributed by atoms with Crippen LogP contribution in [0, 0.1) is 0 Å². The molecule has 20 heavy (non-hydrogen) atoms. The van der Waals surface area contributed by atoms with Gasteiger partial charge in [0.2, 0.25) is 0 Å². The number of hydrogen-bond acceptors (Lipinski definition) is 3. The second kappa shape index (κ2) is 4.68. The van der Waals surface area contributed by atoms with Crippen molar-refractivity contribution >= 4 is 18.5 Å². The van der Waals surface area contributed by atoms with E-state index in [1.807, 2.05) is 27.7 Å². The highest BCUT2D eigenvalue weighted by molar-refractivity contribution is 7.08. The molecule has 1 saturated carbocycles. The zero-order valence-corrected chi connectivity index (χ0v) is 13.2. The van der Waals surface area contributed by atoms with Crippen molar-refractivity contribution in [2.24, 2.45) is 0 Å². The van der Waals surface area contributed by atoms with Gasteiger partial charge in [0, 0.05) is 0 Å². The minimum Gasteiger partial charge on any atom is -0.398 e. The number of rotatable bonds is 2. The Kier molecular flexibility index (Phi) is 3.35. The van der Waals surface area contributed by atoms with Crippen LogP contribution in [0.1, 0.15) is 52.0 Å². The maximum Gasteiger partial charge on any atom is 0.525 e. The van der Waals surface area contributed by atoms with Crippen LogP contribution in [0.2, 0.25) is 0 Å².